The third kappa shape index (κ3) is 3.80. The largest absolute Gasteiger partial charge is 0.478 e. The molecule has 0 heterocycles. The number of benzene rings is 1. The van der Waals surface area contributed by atoms with Crippen LogP contribution in [0.4, 0.5) is 5.69 Å². The van der Waals surface area contributed by atoms with Crippen molar-refractivity contribution >= 4 is 23.5 Å². The summed E-state index contributed by atoms with van der Waals surface area (Å²) in [6, 6.07) is 2.85. The van der Waals surface area contributed by atoms with E-state index in [1.807, 2.05) is 0 Å². The van der Waals surface area contributed by atoms with E-state index in [2.05, 4.69) is 5.32 Å². The van der Waals surface area contributed by atoms with Crippen molar-refractivity contribution in [3.05, 3.63) is 23.3 Å². The van der Waals surface area contributed by atoms with Crippen LogP contribution in [0.1, 0.15) is 36.7 Å². The van der Waals surface area contributed by atoms with Crippen LogP contribution in [0, 0.1) is 0 Å². The van der Waals surface area contributed by atoms with Crippen molar-refractivity contribution in [1.82, 2.24) is 0 Å². The highest BCUT2D eigenvalue weighted by Gasteiger charge is 2.18. The number of aryl methyl sites for hydroxylation is 1. The van der Waals surface area contributed by atoms with Crippen LogP contribution in [0.5, 0.6) is 5.75 Å². The van der Waals surface area contributed by atoms with Gasteiger partial charge in [0.1, 0.15) is 11.3 Å². The molecule has 0 aliphatic rings. The van der Waals surface area contributed by atoms with E-state index in [1.54, 1.807) is 13.0 Å². The minimum Gasteiger partial charge on any atom is -0.478 e. The fraction of sp³-hybridized carbons (Fsp3) is 0.308. The molecule has 0 spiro atoms. The lowest BCUT2D eigenvalue weighted by atomic mass is 10.0. The van der Waals surface area contributed by atoms with Gasteiger partial charge in [-0.05, 0) is 24.1 Å². The van der Waals surface area contributed by atoms with Crippen LogP contribution in [0.2, 0.25) is 0 Å². The molecule has 0 radical (unpaired) electrons. The molecule has 0 saturated carbocycles. The van der Waals surface area contributed by atoms with Crippen molar-refractivity contribution in [3.8, 4) is 5.75 Å². The zero-order valence-corrected chi connectivity index (χ0v) is 10.9. The second-order valence-corrected chi connectivity index (χ2v) is 3.95. The van der Waals surface area contributed by atoms with Crippen LogP contribution >= 0.6 is 0 Å². The Bertz CT molecular complexity index is 536. The highest BCUT2D eigenvalue weighted by Crippen LogP contribution is 2.29. The standard InChI is InChI=1S/C13H15NO5/c1-4-9-5-10(14-7(2)15)6-11(13(17)18)12(9)19-8(3)16/h5-6H,4H2,1-3H3,(H,14,15)(H,17,18). The molecule has 6 heteroatoms. The number of hydrogen-bond acceptors (Lipinski definition) is 4. The Morgan fingerprint density at radius 2 is 1.89 bits per heavy atom. The third-order valence-electron chi connectivity index (χ3n) is 2.34. The first kappa shape index (κ1) is 14.7. The summed E-state index contributed by atoms with van der Waals surface area (Å²) in [5.74, 6) is -2.10. The van der Waals surface area contributed by atoms with Crippen LogP contribution in [-0.4, -0.2) is 23.0 Å². The molecule has 1 aromatic rings. The van der Waals surface area contributed by atoms with Crippen LogP contribution in [0.25, 0.3) is 0 Å². The molecule has 6 nitrogen and oxygen atoms in total. The van der Waals surface area contributed by atoms with E-state index in [9.17, 15) is 14.4 Å². The molecule has 1 aromatic carbocycles. The number of ether oxygens (including phenoxy) is 1. The summed E-state index contributed by atoms with van der Waals surface area (Å²) in [5, 5.41) is 11.7. The van der Waals surface area contributed by atoms with Gasteiger partial charge >= 0.3 is 11.9 Å². The number of aromatic carboxylic acids is 1. The zero-order valence-electron chi connectivity index (χ0n) is 10.9. The fourth-order valence-electron chi connectivity index (χ4n) is 1.65. The number of hydrogen-bond donors (Lipinski definition) is 2. The van der Waals surface area contributed by atoms with Crippen LogP contribution in [0.15, 0.2) is 12.1 Å². The number of anilines is 1. The minimum absolute atomic E-state index is 0.0246. The first-order chi connectivity index (χ1) is 8.85. The third-order valence-corrected chi connectivity index (χ3v) is 2.34. The molecule has 0 fully saturated rings. The Kier molecular flexibility index (Phi) is 4.63. The molecule has 1 amide bonds. The minimum atomic E-state index is -1.22. The molecule has 0 saturated heterocycles. The normalized spacial score (nSPS) is 9.84. The van der Waals surface area contributed by atoms with Gasteiger partial charge in [-0.2, -0.15) is 0 Å². The van der Waals surface area contributed by atoms with E-state index >= 15 is 0 Å². The van der Waals surface area contributed by atoms with E-state index < -0.39 is 11.9 Å². The zero-order chi connectivity index (χ0) is 14.6. The monoisotopic (exact) mass is 265 g/mol. The molecule has 0 aliphatic carbocycles. The number of rotatable bonds is 4. The maximum atomic E-state index is 11.2. The number of carbonyl (C=O) groups excluding carboxylic acids is 2. The number of carboxylic acids is 1. The Hall–Kier alpha value is -2.37. The first-order valence-electron chi connectivity index (χ1n) is 5.71. The van der Waals surface area contributed by atoms with Gasteiger partial charge < -0.3 is 15.2 Å². The summed E-state index contributed by atoms with van der Waals surface area (Å²) in [6.45, 7) is 4.32. The highest BCUT2D eigenvalue weighted by atomic mass is 16.5. The lowest BCUT2D eigenvalue weighted by Crippen LogP contribution is -2.12. The molecular formula is C13H15NO5. The summed E-state index contributed by atoms with van der Waals surface area (Å²) >= 11 is 0. The van der Waals surface area contributed by atoms with E-state index in [1.165, 1.54) is 19.9 Å². The molecule has 0 aliphatic heterocycles. The Labute approximate surface area is 110 Å². The molecule has 1 rings (SSSR count). The van der Waals surface area contributed by atoms with E-state index in [4.69, 9.17) is 9.84 Å². The number of amides is 1. The second-order valence-electron chi connectivity index (χ2n) is 3.95. The summed E-state index contributed by atoms with van der Waals surface area (Å²) < 4.78 is 4.96. The van der Waals surface area contributed by atoms with Crippen molar-refractivity contribution < 1.29 is 24.2 Å². The molecule has 0 aromatic heterocycles. The SMILES string of the molecule is CCc1cc(NC(C)=O)cc(C(=O)O)c1OC(C)=O. The van der Waals surface area contributed by atoms with E-state index in [0.29, 0.717) is 17.7 Å². The Balaban J connectivity index is 3.39. The molecular weight excluding hydrogens is 250 g/mol. The van der Waals surface area contributed by atoms with Gasteiger partial charge in [-0.1, -0.05) is 6.92 Å². The molecule has 2 N–H and O–H groups in total. The van der Waals surface area contributed by atoms with Crippen molar-refractivity contribution in [3.63, 3.8) is 0 Å². The quantitative estimate of drug-likeness (QED) is 0.640. The van der Waals surface area contributed by atoms with Crippen molar-refractivity contribution in [2.45, 2.75) is 27.2 Å². The van der Waals surface area contributed by atoms with Gasteiger partial charge in [-0.15, -0.1) is 0 Å². The molecule has 0 unspecified atom stereocenters. The number of nitrogens with one attached hydrogen (secondary N) is 1. The van der Waals surface area contributed by atoms with Gasteiger partial charge in [0.15, 0.2) is 0 Å². The fourth-order valence-corrected chi connectivity index (χ4v) is 1.65. The lowest BCUT2D eigenvalue weighted by molar-refractivity contribution is -0.132. The maximum absolute atomic E-state index is 11.2. The summed E-state index contributed by atoms with van der Waals surface area (Å²) in [5.41, 5.74) is 0.745. The molecule has 0 bridgehead atoms. The Morgan fingerprint density at radius 1 is 1.26 bits per heavy atom. The molecule has 19 heavy (non-hydrogen) atoms. The van der Waals surface area contributed by atoms with Gasteiger partial charge in [0, 0.05) is 19.5 Å². The first-order valence-corrected chi connectivity index (χ1v) is 5.71. The van der Waals surface area contributed by atoms with Crippen LogP contribution in [-0.2, 0) is 16.0 Å². The maximum Gasteiger partial charge on any atom is 0.339 e. The van der Waals surface area contributed by atoms with Crippen LogP contribution < -0.4 is 10.1 Å². The predicted octanol–water partition coefficient (Wildman–Crippen LogP) is 1.83. The summed E-state index contributed by atoms with van der Waals surface area (Å²) in [7, 11) is 0. The highest BCUT2D eigenvalue weighted by molar-refractivity contribution is 5.96. The van der Waals surface area contributed by atoms with Gasteiger partial charge in [0.2, 0.25) is 5.91 Å². The van der Waals surface area contributed by atoms with Crippen molar-refractivity contribution in [2.75, 3.05) is 5.32 Å². The summed E-state index contributed by atoms with van der Waals surface area (Å²) in [6.07, 6.45) is 0.469. The average Bonchev–Trinajstić information content (AvgIpc) is 2.28. The number of carbonyl (C=O) groups is 3. The second kappa shape index (κ2) is 5.99. The molecule has 102 valence electrons. The topological polar surface area (TPSA) is 92.7 Å². The van der Waals surface area contributed by atoms with Gasteiger partial charge in [-0.3, -0.25) is 9.59 Å². The van der Waals surface area contributed by atoms with Gasteiger partial charge in [-0.25, -0.2) is 4.79 Å². The van der Waals surface area contributed by atoms with Gasteiger partial charge in [0.25, 0.3) is 0 Å². The average molecular weight is 265 g/mol. The predicted molar refractivity (Wildman–Crippen MR) is 68.4 cm³/mol. The van der Waals surface area contributed by atoms with Crippen molar-refractivity contribution in [2.24, 2.45) is 0 Å². The Morgan fingerprint density at radius 3 is 2.32 bits per heavy atom. The van der Waals surface area contributed by atoms with Gasteiger partial charge in [0.05, 0.1) is 0 Å². The number of esters is 1. The smallest absolute Gasteiger partial charge is 0.339 e. The van der Waals surface area contributed by atoms with E-state index in [-0.39, 0.29) is 17.2 Å². The van der Waals surface area contributed by atoms with Crippen LogP contribution in [0.3, 0.4) is 0 Å². The molecule has 0 atom stereocenters. The lowest BCUT2D eigenvalue weighted by Gasteiger charge is -2.13. The van der Waals surface area contributed by atoms with Crippen molar-refractivity contribution in [1.29, 1.82) is 0 Å². The van der Waals surface area contributed by atoms with E-state index in [0.717, 1.165) is 0 Å². The number of carboxylic acid groups (broad SMARTS) is 1. The summed E-state index contributed by atoms with van der Waals surface area (Å²) in [4.78, 5) is 33.3.